The highest BCUT2D eigenvalue weighted by atomic mass is 35.5. The number of nitrogens with zero attached hydrogens (tertiary/aromatic N) is 3. The lowest BCUT2D eigenvalue weighted by atomic mass is 10.2. The lowest BCUT2D eigenvalue weighted by molar-refractivity contribution is -0.146. The van der Waals surface area contributed by atoms with Gasteiger partial charge in [-0.2, -0.15) is 26.3 Å². The molecular formula is C34H32Cl2F7N4O12PS. The van der Waals surface area contributed by atoms with Crippen molar-refractivity contribution in [3.05, 3.63) is 92.7 Å². The molecule has 61 heavy (non-hydrogen) atoms. The number of aliphatic carboxylic acids is 2. The molecule has 0 aliphatic carbocycles. The van der Waals surface area contributed by atoms with E-state index in [2.05, 4.69) is 15.5 Å². The standard InChI is InChI=1S/C17H11Cl2F3O5.C14H13F4N3O2S.C3H8NO5P/c1-8(15(23)24)26-16(25)11-7-10(3-4-12(11)18)27-14-5-2-9(6-13(14)19)17(20,21)22;1-8(2)21(10-5-3-9(15)4-6-10)11(22)7-23-13-20-19-12(24-13)14(16,17)18;5-3(6)1-4-2-10(7,8)9/h2-8H,1H3,(H,23,24);3-6,8H,7H2,1-2H3;4H,1-2H2,(H,5,6)(H2,7,8,9)/t8-;;/m0../s1. The number of amides is 1. The average molecular weight is 956 g/mol. The summed E-state index contributed by atoms with van der Waals surface area (Å²) < 4.78 is 113. The van der Waals surface area contributed by atoms with E-state index in [9.17, 15) is 54.5 Å². The van der Waals surface area contributed by atoms with Crippen LogP contribution < -0.4 is 19.7 Å². The minimum atomic E-state index is -4.61. The molecule has 27 heteroatoms. The first-order chi connectivity index (χ1) is 28.1. The number of carboxylic acid groups (broad SMARTS) is 2. The third kappa shape index (κ3) is 18.2. The van der Waals surface area contributed by atoms with Crippen LogP contribution in [-0.4, -0.2) is 85.6 Å². The van der Waals surface area contributed by atoms with E-state index in [-0.39, 0.29) is 49.7 Å². The van der Waals surface area contributed by atoms with Crippen LogP contribution >= 0.6 is 42.1 Å². The summed E-state index contributed by atoms with van der Waals surface area (Å²) in [5.74, 6) is -4.48. The highest BCUT2D eigenvalue weighted by Gasteiger charge is 2.36. The summed E-state index contributed by atoms with van der Waals surface area (Å²) in [5.41, 5.74) is -0.665. The van der Waals surface area contributed by atoms with Gasteiger partial charge in [-0.3, -0.25) is 19.5 Å². The fourth-order valence-corrected chi connectivity index (χ4v) is 5.48. The maximum atomic E-state index is 13.0. The molecule has 4 rings (SSSR count). The van der Waals surface area contributed by atoms with Gasteiger partial charge in [-0.25, -0.2) is 14.0 Å². The maximum Gasteiger partial charge on any atom is 0.445 e. The van der Waals surface area contributed by atoms with Crippen LogP contribution in [0.3, 0.4) is 0 Å². The molecule has 1 heterocycles. The number of anilines is 1. The van der Waals surface area contributed by atoms with Crippen molar-refractivity contribution in [2.75, 3.05) is 24.3 Å². The minimum Gasteiger partial charge on any atom is -0.480 e. The van der Waals surface area contributed by atoms with Crippen LogP contribution in [0.5, 0.6) is 16.7 Å². The molecule has 3 aromatic carbocycles. The van der Waals surface area contributed by atoms with Gasteiger partial charge in [-0.1, -0.05) is 39.6 Å². The molecule has 0 aliphatic rings. The summed E-state index contributed by atoms with van der Waals surface area (Å²) >= 11 is 11.9. The summed E-state index contributed by atoms with van der Waals surface area (Å²) in [5, 5.41) is 23.2. The van der Waals surface area contributed by atoms with Crippen molar-refractivity contribution in [3.63, 3.8) is 0 Å². The Bertz CT molecular complexity index is 2190. The van der Waals surface area contributed by atoms with Gasteiger partial charge in [0.2, 0.25) is 5.01 Å². The highest BCUT2D eigenvalue weighted by Crippen LogP contribution is 2.37. The molecule has 0 saturated heterocycles. The fourth-order valence-electron chi connectivity index (χ4n) is 4.10. The number of benzene rings is 3. The van der Waals surface area contributed by atoms with E-state index in [0.29, 0.717) is 11.8 Å². The molecule has 0 unspecified atom stereocenters. The second kappa shape index (κ2) is 22.7. The minimum absolute atomic E-state index is 0.0246. The quantitative estimate of drug-likeness (QED) is 0.0462. The van der Waals surface area contributed by atoms with Gasteiger partial charge in [0.05, 0.1) is 34.0 Å². The molecule has 1 atom stereocenters. The van der Waals surface area contributed by atoms with Gasteiger partial charge >= 0.3 is 37.9 Å². The Balaban J connectivity index is 0.000000346. The molecule has 1 amide bonds. The van der Waals surface area contributed by atoms with Crippen LogP contribution in [0.15, 0.2) is 60.7 Å². The van der Waals surface area contributed by atoms with Gasteiger partial charge in [-0.05, 0) is 81.4 Å². The number of ether oxygens (including phenoxy) is 3. The van der Waals surface area contributed by atoms with Gasteiger partial charge in [-0.15, -0.1) is 5.10 Å². The van der Waals surface area contributed by atoms with E-state index in [1.165, 1.54) is 41.3 Å². The van der Waals surface area contributed by atoms with Crippen LogP contribution in [0, 0.1) is 5.82 Å². The number of carbonyl (C=O) groups excluding carboxylic acids is 2. The first-order valence-corrected chi connectivity index (χ1v) is 19.8. The summed E-state index contributed by atoms with van der Waals surface area (Å²) in [6.45, 7) is 3.70. The van der Waals surface area contributed by atoms with Gasteiger partial charge < -0.3 is 39.1 Å². The first-order valence-electron chi connectivity index (χ1n) is 16.4. The number of hydrogen-bond donors (Lipinski definition) is 5. The Morgan fingerprint density at radius 2 is 1.51 bits per heavy atom. The predicted octanol–water partition coefficient (Wildman–Crippen LogP) is 7.75. The summed E-state index contributed by atoms with van der Waals surface area (Å²) in [6, 6.07) is 11.4. The smallest absolute Gasteiger partial charge is 0.445 e. The van der Waals surface area contributed by atoms with Gasteiger partial charge in [0.25, 0.3) is 11.1 Å². The molecule has 0 spiro atoms. The van der Waals surface area contributed by atoms with Crippen molar-refractivity contribution in [2.24, 2.45) is 0 Å². The Labute approximate surface area is 353 Å². The van der Waals surface area contributed by atoms with E-state index >= 15 is 0 Å². The number of hydrogen-bond acceptors (Lipinski definition) is 12. The Morgan fingerprint density at radius 3 is 2.00 bits per heavy atom. The van der Waals surface area contributed by atoms with Crippen molar-refractivity contribution in [1.82, 2.24) is 15.5 Å². The van der Waals surface area contributed by atoms with Gasteiger partial charge in [0.1, 0.15) is 17.3 Å². The topological polar surface area (TPSA) is 235 Å². The number of halogens is 9. The van der Waals surface area contributed by atoms with Crippen molar-refractivity contribution < 1.29 is 88.7 Å². The molecule has 5 N–H and O–H groups in total. The van der Waals surface area contributed by atoms with Crippen molar-refractivity contribution >= 4 is 71.6 Å². The molecule has 334 valence electrons. The molecule has 4 aromatic rings. The number of alkyl halides is 6. The SMILES string of the molecule is CC(C)N(C(=O)COc1nnc(C(F)(F)F)s1)c1ccc(F)cc1.C[C@H](OC(=O)c1cc(Oc2ccc(C(F)(F)F)cc2Cl)ccc1Cl)C(=O)O.O=C(O)CNCP(=O)(O)O. The largest absolute Gasteiger partial charge is 0.480 e. The predicted molar refractivity (Wildman–Crippen MR) is 202 cm³/mol. The van der Waals surface area contributed by atoms with Crippen LogP contribution in [-0.2, 0) is 36.0 Å². The van der Waals surface area contributed by atoms with Gasteiger partial charge in [0.15, 0.2) is 12.7 Å². The maximum absolute atomic E-state index is 13.0. The zero-order chi connectivity index (χ0) is 46.5. The highest BCUT2D eigenvalue weighted by molar-refractivity contribution is 7.51. The molecule has 1 aromatic heterocycles. The van der Waals surface area contributed by atoms with Gasteiger partial charge in [0, 0.05) is 11.7 Å². The number of aromatic nitrogens is 2. The van der Waals surface area contributed by atoms with Crippen molar-refractivity contribution in [2.45, 2.75) is 45.3 Å². The molecule has 0 fully saturated rings. The number of esters is 1. The monoisotopic (exact) mass is 954 g/mol. The third-order valence-electron chi connectivity index (χ3n) is 6.73. The normalized spacial score (nSPS) is 11.9. The Morgan fingerprint density at radius 1 is 0.885 bits per heavy atom. The van der Waals surface area contributed by atoms with Crippen LogP contribution in [0.1, 0.15) is 41.7 Å². The summed E-state index contributed by atoms with van der Waals surface area (Å²) in [4.78, 5) is 62.6. The summed E-state index contributed by atoms with van der Waals surface area (Å²) in [6.07, 6.45) is -11.2. The second-order valence-electron chi connectivity index (χ2n) is 11.9. The first kappa shape index (κ1) is 52.0. The van der Waals surface area contributed by atoms with E-state index in [1.807, 2.05) is 0 Å². The van der Waals surface area contributed by atoms with Crippen LogP contribution in [0.4, 0.5) is 36.4 Å². The molecular weight excluding hydrogens is 923 g/mol. The summed E-state index contributed by atoms with van der Waals surface area (Å²) in [7, 11) is -4.10. The Hall–Kier alpha value is -5.10. The number of rotatable bonds is 14. The van der Waals surface area contributed by atoms with Crippen LogP contribution in [0.2, 0.25) is 10.0 Å². The molecule has 0 aliphatic heterocycles. The molecule has 16 nitrogen and oxygen atoms in total. The van der Waals surface area contributed by atoms with E-state index < -0.39 is 85.7 Å². The van der Waals surface area contributed by atoms with Crippen LogP contribution in [0.25, 0.3) is 0 Å². The number of carbonyl (C=O) groups is 4. The molecule has 0 bridgehead atoms. The van der Waals surface area contributed by atoms with Crippen molar-refractivity contribution in [3.8, 4) is 16.7 Å². The van der Waals surface area contributed by atoms with E-state index in [0.717, 1.165) is 25.1 Å². The molecule has 0 saturated carbocycles. The number of nitrogens with one attached hydrogen (secondary N) is 1. The lowest BCUT2D eigenvalue weighted by Crippen LogP contribution is -2.40. The lowest BCUT2D eigenvalue weighted by Gasteiger charge is -2.26. The van der Waals surface area contributed by atoms with E-state index in [1.54, 1.807) is 13.8 Å². The fraction of sp³-hybridized carbons (Fsp3) is 0.294. The van der Waals surface area contributed by atoms with Crippen molar-refractivity contribution in [1.29, 1.82) is 0 Å². The zero-order valence-corrected chi connectivity index (χ0v) is 34.4. The zero-order valence-electron chi connectivity index (χ0n) is 31.2. The third-order valence-corrected chi connectivity index (χ3v) is 8.87. The molecule has 0 radical (unpaired) electrons. The van der Waals surface area contributed by atoms with E-state index in [4.69, 9.17) is 57.4 Å². The second-order valence-corrected chi connectivity index (χ2v) is 15.3. The average Bonchev–Trinajstić information content (AvgIpc) is 3.63. The number of carboxylic acids is 2. The Kier molecular flexibility index (Phi) is 19.3.